The number of aryl methyl sites for hydroxylation is 2. The van der Waals surface area contributed by atoms with E-state index in [-0.39, 0.29) is 5.91 Å². The van der Waals surface area contributed by atoms with E-state index in [0.29, 0.717) is 11.4 Å². The number of aromatic nitrogens is 2. The first-order valence-electron chi connectivity index (χ1n) is 8.01. The van der Waals surface area contributed by atoms with E-state index in [0.717, 1.165) is 40.7 Å². The number of hydrogen-bond donors (Lipinski definition) is 2. The summed E-state index contributed by atoms with van der Waals surface area (Å²) >= 11 is 3.13. The normalized spacial score (nSPS) is 10.9. The molecule has 0 bridgehead atoms. The van der Waals surface area contributed by atoms with Crippen LogP contribution in [0.3, 0.4) is 0 Å². The van der Waals surface area contributed by atoms with Gasteiger partial charge in [-0.05, 0) is 32.4 Å². The van der Waals surface area contributed by atoms with E-state index < -0.39 is 0 Å². The number of hydrogen-bond acceptors (Lipinski definition) is 6. The number of fused-ring (bicyclic) bond motifs is 1. The lowest BCUT2D eigenvalue weighted by Gasteiger charge is -2.02. The molecular formula is C17H20N4OS2. The largest absolute Gasteiger partial charge is 0.362 e. The molecule has 7 heteroatoms. The van der Waals surface area contributed by atoms with Crippen LogP contribution in [0.25, 0.3) is 10.2 Å². The van der Waals surface area contributed by atoms with Crippen LogP contribution in [0.1, 0.15) is 33.7 Å². The third-order valence-corrected chi connectivity index (χ3v) is 5.73. The molecule has 2 heterocycles. The molecule has 0 atom stereocenters. The zero-order chi connectivity index (χ0) is 16.9. The van der Waals surface area contributed by atoms with Crippen LogP contribution in [0.15, 0.2) is 24.3 Å². The molecule has 0 saturated carbocycles. The number of nitrogens with zero attached hydrogens (tertiary/aromatic N) is 2. The fraction of sp³-hybridized carbons (Fsp3) is 0.353. The van der Waals surface area contributed by atoms with Gasteiger partial charge in [-0.15, -0.1) is 11.3 Å². The second-order valence-electron chi connectivity index (χ2n) is 5.40. The number of para-hydroxylation sites is 1. The summed E-state index contributed by atoms with van der Waals surface area (Å²) in [6.07, 6.45) is 1.76. The van der Waals surface area contributed by atoms with Crippen molar-refractivity contribution >= 4 is 43.9 Å². The van der Waals surface area contributed by atoms with Gasteiger partial charge in [0.15, 0.2) is 5.13 Å². The average Bonchev–Trinajstić information content (AvgIpc) is 3.14. The predicted octanol–water partition coefficient (Wildman–Crippen LogP) is 3.86. The smallest absolute Gasteiger partial charge is 0.263 e. The second kappa shape index (κ2) is 7.72. The molecule has 0 spiro atoms. The van der Waals surface area contributed by atoms with Crippen molar-refractivity contribution < 1.29 is 4.79 Å². The van der Waals surface area contributed by atoms with Crippen LogP contribution in [0.2, 0.25) is 0 Å². The highest BCUT2D eigenvalue weighted by atomic mass is 32.1. The van der Waals surface area contributed by atoms with Gasteiger partial charge in [-0.3, -0.25) is 4.79 Å². The third-order valence-electron chi connectivity index (χ3n) is 3.52. The van der Waals surface area contributed by atoms with Crippen LogP contribution in [0.4, 0.5) is 5.13 Å². The van der Waals surface area contributed by atoms with Gasteiger partial charge in [0.25, 0.3) is 5.91 Å². The van der Waals surface area contributed by atoms with E-state index >= 15 is 0 Å². The van der Waals surface area contributed by atoms with Crippen LogP contribution in [-0.2, 0) is 6.42 Å². The van der Waals surface area contributed by atoms with Gasteiger partial charge in [-0.25, -0.2) is 9.97 Å². The summed E-state index contributed by atoms with van der Waals surface area (Å²) in [6, 6.07) is 8.16. The fourth-order valence-electron chi connectivity index (χ4n) is 2.38. The quantitative estimate of drug-likeness (QED) is 0.628. The molecule has 24 heavy (non-hydrogen) atoms. The summed E-state index contributed by atoms with van der Waals surface area (Å²) in [5.74, 6) is -0.0431. The van der Waals surface area contributed by atoms with E-state index in [9.17, 15) is 4.79 Å². The van der Waals surface area contributed by atoms with Crippen LogP contribution in [0, 0.1) is 6.92 Å². The van der Waals surface area contributed by atoms with Gasteiger partial charge in [0.1, 0.15) is 4.88 Å². The molecule has 0 saturated heterocycles. The first-order valence-corrected chi connectivity index (χ1v) is 9.64. The Balaban J connectivity index is 1.50. The fourth-order valence-corrected chi connectivity index (χ4v) is 4.34. The van der Waals surface area contributed by atoms with Crippen LogP contribution in [0.5, 0.6) is 0 Å². The Morgan fingerprint density at radius 2 is 2.04 bits per heavy atom. The van der Waals surface area contributed by atoms with Crippen molar-refractivity contribution in [3.8, 4) is 0 Å². The first kappa shape index (κ1) is 16.9. The van der Waals surface area contributed by atoms with Crippen molar-refractivity contribution in [3.05, 3.63) is 39.8 Å². The van der Waals surface area contributed by atoms with Crippen molar-refractivity contribution in [1.82, 2.24) is 15.3 Å². The number of amides is 1. The highest BCUT2D eigenvalue weighted by Gasteiger charge is 2.14. The molecule has 0 unspecified atom stereocenters. The molecule has 0 aliphatic carbocycles. The Bertz CT molecular complexity index is 807. The Kier molecular flexibility index (Phi) is 5.42. The lowest BCUT2D eigenvalue weighted by molar-refractivity contribution is 0.0956. The highest BCUT2D eigenvalue weighted by molar-refractivity contribution is 7.18. The summed E-state index contributed by atoms with van der Waals surface area (Å²) in [4.78, 5) is 21.9. The van der Waals surface area contributed by atoms with Gasteiger partial charge < -0.3 is 10.6 Å². The Hall–Kier alpha value is -1.99. The molecule has 0 fully saturated rings. The minimum absolute atomic E-state index is 0.0431. The number of anilines is 1. The van der Waals surface area contributed by atoms with Gasteiger partial charge in [0, 0.05) is 19.5 Å². The lowest BCUT2D eigenvalue weighted by atomic mass is 10.3. The van der Waals surface area contributed by atoms with E-state index in [4.69, 9.17) is 0 Å². The highest BCUT2D eigenvalue weighted by Crippen LogP contribution is 2.23. The number of thiazole rings is 2. The maximum atomic E-state index is 12.3. The first-order chi connectivity index (χ1) is 11.7. The van der Waals surface area contributed by atoms with Gasteiger partial charge in [0.05, 0.1) is 20.9 Å². The molecule has 1 amide bonds. The Morgan fingerprint density at radius 3 is 2.83 bits per heavy atom. The minimum Gasteiger partial charge on any atom is -0.362 e. The van der Waals surface area contributed by atoms with Crippen molar-refractivity contribution in [3.63, 3.8) is 0 Å². The van der Waals surface area contributed by atoms with E-state index in [2.05, 4.69) is 26.7 Å². The molecule has 5 nitrogen and oxygen atoms in total. The van der Waals surface area contributed by atoms with Gasteiger partial charge in [0.2, 0.25) is 0 Å². The number of rotatable bonds is 7. The average molecular weight is 361 g/mol. The van der Waals surface area contributed by atoms with Gasteiger partial charge in [-0.2, -0.15) is 0 Å². The molecule has 0 radical (unpaired) electrons. The van der Waals surface area contributed by atoms with Crippen LogP contribution >= 0.6 is 22.7 Å². The van der Waals surface area contributed by atoms with Crippen LogP contribution in [-0.4, -0.2) is 29.0 Å². The molecule has 0 aliphatic heterocycles. The SMILES string of the molecule is CCNc1nc(C)c(C(=O)NCCCc2nc3ccccc3s2)s1. The third kappa shape index (κ3) is 3.91. The van der Waals surface area contributed by atoms with Crippen molar-refractivity contribution in [2.45, 2.75) is 26.7 Å². The van der Waals surface area contributed by atoms with Gasteiger partial charge >= 0.3 is 0 Å². The summed E-state index contributed by atoms with van der Waals surface area (Å²) in [7, 11) is 0. The summed E-state index contributed by atoms with van der Waals surface area (Å²) in [6.45, 7) is 5.32. The molecule has 2 aromatic heterocycles. The molecule has 1 aromatic carbocycles. The summed E-state index contributed by atoms with van der Waals surface area (Å²) < 4.78 is 1.22. The van der Waals surface area contributed by atoms with E-state index in [1.807, 2.05) is 32.0 Å². The monoisotopic (exact) mass is 360 g/mol. The van der Waals surface area contributed by atoms with Crippen molar-refractivity contribution in [2.24, 2.45) is 0 Å². The number of nitrogens with one attached hydrogen (secondary N) is 2. The Labute approximate surface area is 149 Å². The number of carbonyl (C=O) groups excluding carboxylic acids is 1. The van der Waals surface area contributed by atoms with Crippen molar-refractivity contribution in [1.29, 1.82) is 0 Å². The predicted molar refractivity (Wildman–Crippen MR) is 101 cm³/mol. The number of benzene rings is 1. The molecule has 2 N–H and O–H groups in total. The molecule has 3 rings (SSSR count). The van der Waals surface area contributed by atoms with Crippen molar-refractivity contribution in [2.75, 3.05) is 18.4 Å². The molecule has 126 valence electrons. The lowest BCUT2D eigenvalue weighted by Crippen LogP contribution is -2.24. The topological polar surface area (TPSA) is 66.9 Å². The maximum Gasteiger partial charge on any atom is 0.263 e. The van der Waals surface area contributed by atoms with Gasteiger partial charge in [-0.1, -0.05) is 23.5 Å². The zero-order valence-electron chi connectivity index (χ0n) is 13.8. The number of carbonyl (C=O) groups is 1. The zero-order valence-corrected chi connectivity index (χ0v) is 15.4. The summed E-state index contributed by atoms with van der Waals surface area (Å²) in [5.41, 5.74) is 1.83. The van der Waals surface area contributed by atoms with E-state index in [1.165, 1.54) is 16.0 Å². The second-order valence-corrected chi connectivity index (χ2v) is 7.51. The molecular weight excluding hydrogens is 340 g/mol. The minimum atomic E-state index is -0.0431. The van der Waals surface area contributed by atoms with E-state index in [1.54, 1.807) is 11.3 Å². The maximum absolute atomic E-state index is 12.3. The van der Waals surface area contributed by atoms with Crippen LogP contribution < -0.4 is 10.6 Å². The molecule has 0 aliphatic rings. The molecule has 3 aromatic rings. The Morgan fingerprint density at radius 1 is 1.21 bits per heavy atom. The standard InChI is InChI=1S/C17H20N4OS2/c1-3-18-17-20-11(2)15(24-17)16(22)19-10-6-9-14-21-12-7-4-5-8-13(12)23-14/h4-5,7-8H,3,6,9-10H2,1-2H3,(H,18,20)(H,19,22). The summed E-state index contributed by atoms with van der Waals surface area (Å²) in [5, 5.41) is 8.05.